The van der Waals surface area contributed by atoms with Gasteiger partial charge in [0, 0.05) is 23.0 Å². The van der Waals surface area contributed by atoms with E-state index in [1.807, 2.05) is 12.1 Å². The van der Waals surface area contributed by atoms with Crippen molar-refractivity contribution in [2.24, 2.45) is 0 Å². The van der Waals surface area contributed by atoms with Crippen LogP contribution in [0, 0.1) is 0 Å². The van der Waals surface area contributed by atoms with Crippen LogP contribution < -0.4 is 5.73 Å². The molecule has 19 heavy (non-hydrogen) atoms. The second kappa shape index (κ2) is 5.22. The molecule has 1 aromatic carbocycles. The van der Waals surface area contributed by atoms with Crippen molar-refractivity contribution in [1.82, 2.24) is 9.78 Å². The zero-order valence-electron chi connectivity index (χ0n) is 10.4. The standard InChI is InChI=1S/C12H14ClN3O2S/c1-19(17,18)6-5-16-8-11(14)12(15-16)9-3-2-4-10(13)7-9/h2-4,7-8H,5-6,14H2,1H3. The van der Waals surface area contributed by atoms with Gasteiger partial charge in [-0.2, -0.15) is 5.10 Å². The molecule has 102 valence electrons. The minimum absolute atomic E-state index is 0.0309. The second-order valence-corrected chi connectivity index (χ2v) is 7.03. The maximum Gasteiger partial charge on any atom is 0.149 e. The minimum atomic E-state index is -3.02. The lowest BCUT2D eigenvalue weighted by molar-refractivity contribution is 0.586. The van der Waals surface area contributed by atoms with Crippen LogP contribution in [0.5, 0.6) is 0 Å². The molecule has 0 bridgehead atoms. The van der Waals surface area contributed by atoms with Gasteiger partial charge in [-0.3, -0.25) is 4.68 Å². The first-order valence-electron chi connectivity index (χ1n) is 5.62. The Morgan fingerprint density at radius 1 is 1.42 bits per heavy atom. The summed E-state index contributed by atoms with van der Waals surface area (Å²) in [6.07, 6.45) is 2.82. The van der Waals surface area contributed by atoms with Gasteiger partial charge in [0.15, 0.2) is 0 Å². The molecule has 0 unspecified atom stereocenters. The molecule has 0 fully saturated rings. The molecular weight excluding hydrogens is 286 g/mol. The topological polar surface area (TPSA) is 78.0 Å². The third-order valence-corrected chi connectivity index (χ3v) is 3.74. The summed E-state index contributed by atoms with van der Waals surface area (Å²) >= 11 is 5.92. The number of aryl methyl sites for hydroxylation is 1. The predicted molar refractivity (Wildman–Crippen MR) is 76.8 cm³/mol. The van der Waals surface area contributed by atoms with Gasteiger partial charge >= 0.3 is 0 Å². The van der Waals surface area contributed by atoms with Gasteiger partial charge in [0.2, 0.25) is 0 Å². The lowest BCUT2D eigenvalue weighted by atomic mass is 10.1. The van der Waals surface area contributed by atoms with E-state index in [2.05, 4.69) is 5.10 Å². The quantitative estimate of drug-likeness (QED) is 0.934. The van der Waals surface area contributed by atoms with Crippen molar-refractivity contribution >= 4 is 27.1 Å². The molecule has 0 saturated carbocycles. The van der Waals surface area contributed by atoms with Crippen LogP contribution in [0.3, 0.4) is 0 Å². The Hall–Kier alpha value is -1.53. The van der Waals surface area contributed by atoms with Crippen LogP contribution in [0.25, 0.3) is 11.3 Å². The van der Waals surface area contributed by atoms with Gasteiger partial charge in [0.05, 0.1) is 18.0 Å². The van der Waals surface area contributed by atoms with Gasteiger partial charge in [-0.15, -0.1) is 0 Å². The molecule has 2 N–H and O–H groups in total. The van der Waals surface area contributed by atoms with Gasteiger partial charge in [0.1, 0.15) is 15.5 Å². The molecule has 7 heteroatoms. The minimum Gasteiger partial charge on any atom is -0.396 e. The second-order valence-electron chi connectivity index (χ2n) is 4.34. The molecule has 0 aliphatic carbocycles. The summed E-state index contributed by atoms with van der Waals surface area (Å²) in [4.78, 5) is 0. The zero-order chi connectivity index (χ0) is 14.0. The fourth-order valence-electron chi connectivity index (χ4n) is 1.67. The first-order chi connectivity index (χ1) is 8.85. The third kappa shape index (κ3) is 3.71. The zero-order valence-corrected chi connectivity index (χ0v) is 11.9. The maximum absolute atomic E-state index is 11.1. The van der Waals surface area contributed by atoms with E-state index < -0.39 is 9.84 Å². The molecule has 1 heterocycles. The fourth-order valence-corrected chi connectivity index (χ4v) is 2.38. The maximum atomic E-state index is 11.1. The molecular formula is C12H14ClN3O2S. The van der Waals surface area contributed by atoms with Crippen molar-refractivity contribution in [3.8, 4) is 11.3 Å². The predicted octanol–water partition coefficient (Wildman–Crippen LogP) is 1.83. The van der Waals surface area contributed by atoms with Crippen LogP contribution in [0.15, 0.2) is 30.5 Å². The van der Waals surface area contributed by atoms with Crippen molar-refractivity contribution in [3.63, 3.8) is 0 Å². The van der Waals surface area contributed by atoms with Crippen molar-refractivity contribution in [2.75, 3.05) is 17.7 Å². The molecule has 0 saturated heterocycles. The highest BCUT2D eigenvalue weighted by molar-refractivity contribution is 7.90. The van der Waals surface area contributed by atoms with Crippen LogP contribution in [0.1, 0.15) is 0 Å². The van der Waals surface area contributed by atoms with E-state index in [9.17, 15) is 8.42 Å². The molecule has 0 atom stereocenters. The SMILES string of the molecule is CS(=O)(=O)CCn1cc(N)c(-c2cccc(Cl)c2)n1. The largest absolute Gasteiger partial charge is 0.396 e. The summed E-state index contributed by atoms with van der Waals surface area (Å²) in [5.41, 5.74) is 7.80. The molecule has 0 aliphatic heterocycles. The first-order valence-corrected chi connectivity index (χ1v) is 8.05. The number of halogens is 1. The number of aromatic nitrogens is 2. The molecule has 0 aliphatic rings. The lowest BCUT2D eigenvalue weighted by Crippen LogP contribution is -2.11. The van der Waals surface area contributed by atoms with E-state index in [4.69, 9.17) is 17.3 Å². The molecule has 0 spiro atoms. The highest BCUT2D eigenvalue weighted by Gasteiger charge is 2.10. The van der Waals surface area contributed by atoms with E-state index in [1.54, 1.807) is 18.3 Å². The van der Waals surface area contributed by atoms with E-state index in [-0.39, 0.29) is 12.3 Å². The summed E-state index contributed by atoms with van der Waals surface area (Å²) in [5.74, 6) is 0.0309. The molecule has 2 rings (SSSR count). The Morgan fingerprint density at radius 2 is 2.16 bits per heavy atom. The van der Waals surface area contributed by atoms with Crippen molar-refractivity contribution in [1.29, 1.82) is 0 Å². The number of rotatable bonds is 4. The number of nitrogens with zero attached hydrogens (tertiary/aromatic N) is 2. The Bertz CT molecular complexity index is 695. The molecule has 0 radical (unpaired) electrons. The summed E-state index contributed by atoms with van der Waals surface area (Å²) in [7, 11) is -3.02. The van der Waals surface area contributed by atoms with Gasteiger partial charge in [-0.05, 0) is 12.1 Å². The van der Waals surface area contributed by atoms with E-state index in [0.717, 1.165) is 5.56 Å². The fraction of sp³-hybridized carbons (Fsp3) is 0.250. The van der Waals surface area contributed by atoms with Gasteiger partial charge in [-0.25, -0.2) is 8.42 Å². The van der Waals surface area contributed by atoms with Crippen LogP contribution in [0.4, 0.5) is 5.69 Å². The highest BCUT2D eigenvalue weighted by atomic mass is 35.5. The summed E-state index contributed by atoms with van der Waals surface area (Å²) in [6, 6.07) is 7.20. The Kier molecular flexibility index (Phi) is 3.82. The number of hydrogen-bond donors (Lipinski definition) is 1. The van der Waals surface area contributed by atoms with E-state index in [0.29, 0.717) is 16.4 Å². The Labute approximate surface area is 116 Å². The number of nitrogens with two attached hydrogens (primary N) is 1. The number of benzene rings is 1. The average Bonchev–Trinajstić information content (AvgIpc) is 2.67. The van der Waals surface area contributed by atoms with Crippen LogP contribution in [0.2, 0.25) is 5.02 Å². The van der Waals surface area contributed by atoms with Gasteiger partial charge in [0.25, 0.3) is 0 Å². The Balaban J connectivity index is 2.26. The summed E-state index contributed by atoms with van der Waals surface area (Å²) in [6.45, 7) is 0.281. The highest BCUT2D eigenvalue weighted by Crippen LogP contribution is 2.26. The van der Waals surface area contributed by atoms with Crippen LogP contribution >= 0.6 is 11.6 Å². The number of nitrogen functional groups attached to an aromatic ring is 1. The molecule has 0 amide bonds. The number of hydrogen-bond acceptors (Lipinski definition) is 4. The van der Waals surface area contributed by atoms with Crippen molar-refractivity contribution in [3.05, 3.63) is 35.5 Å². The number of anilines is 1. The van der Waals surface area contributed by atoms with Crippen molar-refractivity contribution < 1.29 is 8.42 Å². The molecule has 5 nitrogen and oxygen atoms in total. The molecule has 1 aromatic heterocycles. The molecule has 2 aromatic rings. The van der Waals surface area contributed by atoms with Crippen molar-refractivity contribution in [2.45, 2.75) is 6.54 Å². The lowest BCUT2D eigenvalue weighted by Gasteiger charge is -2.00. The monoisotopic (exact) mass is 299 g/mol. The van der Waals surface area contributed by atoms with E-state index in [1.165, 1.54) is 10.9 Å². The first kappa shape index (κ1) is 13.9. The summed E-state index contributed by atoms with van der Waals surface area (Å²) < 4.78 is 23.8. The number of sulfone groups is 1. The normalized spacial score (nSPS) is 11.7. The summed E-state index contributed by atoms with van der Waals surface area (Å²) in [5, 5.41) is 4.89. The van der Waals surface area contributed by atoms with E-state index >= 15 is 0 Å². The van der Waals surface area contributed by atoms with Crippen LogP contribution in [-0.2, 0) is 16.4 Å². The van der Waals surface area contributed by atoms with Gasteiger partial charge < -0.3 is 5.73 Å². The average molecular weight is 300 g/mol. The smallest absolute Gasteiger partial charge is 0.149 e. The van der Waals surface area contributed by atoms with Gasteiger partial charge in [-0.1, -0.05) is 23.7 Å². The third-order valence-electron chi connectivity index (χ3n) is 2.58. The Morgan fingerprint density at radius 3 is 2.79 bits per heavy atom. The van der Waals surface area contributed by atoms with Crippen LogP contribution in [-0.4, -0.2) is 30.2 Å².